The van der Waals surface area contributed by atoms with E-state index in [9.17, 15) is 9.59 Å². The molecule has 0 aromatic heterocycles. The summed E-state index contributed by atoms with van der Waals surface area (Å²) in [6.45, 7) is 3.88. The van der Waals surface area contributed by atoms with Gasteiger partial charge >= 0.3 is 5.97 Å². The van der Waals surface area contributed by atoms with E-state index in [0.717, 1.165) is 31.1 Å². The minimum absolute atomic E-state index is 0.00858. The van der Waals surface area contributed by atoms with Gasteiger partial charge in [-0.3, -0.25) is 4.79 Å². The molecule has 4 nitrogen and oxygen atoms in total. The molecule has 1 aromatic carbocycles. The highest BCUT2D eigenvalue weighted by Crippen LogP contribution is 2.66. The summed E-state index contributed by atoms with van der Waals surface area (Å²) in [7, 11) is 1.38. The standard InChI is InChI=1S/C24H33NO3/c1-16(2)21(22(27)28-3)25-20(26)14-23-10-17-9-18(11-23)13-24(12-17,15-23)19-7-5-4-6-8-19/h4-8,16-18,21H,9-15H2,1-3H3,(H,25,26)/t17-,18-,21-,23?,24?/m0/s1. The topological polar surface area (TPSA) is 55.4 Å². The van der Waals surface area contributed by atoms with E-state index in [1.54, 1.807) is 0 Å². The van der Waals surface area contributed by atoms with Crippen molar-refractivity contribution in [2.75, 3.05) is 7.11 Å². The van der Waals surface area contributed by atoms with E-state index in [4.69, 9.17) is 4.74 Å². The summed E-state index contributed by atoms with van der Waals surface area (Å²) in [6, 6.07) is 10.4. The van der Waals surface area contributed by atoms with Gasteiger partial charge in [-0.2, -0.15) is 0 Å². The maximum absolute atomic E-state index is 13.0. The van der Waals surface area contributed by atoms with Crippen LogP contribution in [0.15, 0.2) is 30.3 Å². The lowest BCUT2D eigenvalue weighted by Crippen LogP contribution is -2.56. The maximum Gasteiger partial charge on any atom is 0.328 e. The molecule has 4 aliphatic rings. The van der Waals surface area contributed by atoms with Crippen molar-refractivity contribution in [3.8, 4) is 0 Å². The molecule has 28 heavy (non-hydrogen) atoms. The molecule has 4 fully saturated rings. The fraction of sp³-hybridized carbons (Fsp3) is 0.667. The zero-order valence-corrected chi connectivity index (χ0v) is 17.4. The molecule has 3 atom stereocenters. The van der Waals surface area contributed by atoms with Crippen LogP contribution in [-0.4, -0.2) is 25.0 Å². The summed E-state index contributed by atoms with van der Waals surface area (Å²) in [4.78, 5) is 25.0. The van der Waals surface area contributed by atoms with Crippen LogP contribution >= 0.6 is 0 Å². The quantitative estimate of drug-likeness (QED) is 0.748. The number of rotatable bonds is 6. The number of hydrogen-bond acceptors (Lipinski definition) is 3. The zero-order valence-electron chi connectivity index (χ0n) is 17.4. The van der Waals surface area contributed by atoms with Crippen LogP contribution in [0.2, 0.25) is 0 Å². The lowest BCUT2D eigenvalue weighted by molar-refractivity contribution is -0.147. The van der Waals surface area contributed by atoms with E-state index in [2.05, 4.69) is 35.6 Å². The van der Waals surface area contributed by atoms with Gasteiger partial charge in [-0.25, -0.2) is 4.79 Å². The van der Waals surface area contributed by atoms with Crippen molar-refractivity contribution in [3.05, 3.63) is 35.9 Å². The largest absolute Gasteiger partial charge is 0.467 e. The third-order valence-electron chi connectivity index (χ3n) is 7.54. The molecule has 1 amide bonds. The molecule has 0 spiro atoms. The fourth-order valence-corrected chi connectivity index (χ4v) is 6.98. The smallest absolute Gasteiger partial charge is 0.328 e. The summed E-state index contributed by atoms with van der Waals surface area (Å²) >= 11 is 0. The number of nitrogens with one attached hydrogen (secondary N) is 1. The molecule has 4 heteroatoms. The number of esters is 1. The van der Waals surface area contributed by atoms with Crippen LogP contribution in [0.1, 0.15) is 64.4 Å². The van der Waals surface area contributed by atoms with Crippen molar-refractivity contribution in [1.29, 1.82) is 0 Å². The van der Waals surface area contributed by atoms with Crippen LogP contribution in [0.4, 0.5) is 0 Å². The van der Waals surface area contributed by atoms with Crippen LogP contribution in [0.5, 0.6) is 0 Å². The normalized spacial score (nSPS) is 34.3. The van der Waals surface area contributed by atoms with Crippen LogP contribution in [0.25, 0.3) is 0 Å². The van der Waals surface area contributed by atoms with Gasteiger partial charge in [0.1, 0.15) is 6.04 Å². The number of ether oxygens (including phenoxy) is 1. The summed E-state index contributed by atoms with van der Waals surface area (Å²) in [5.41, 5.74) is 1.79. The molecule has 0 heterocycles. The predicted octanol–water partition coefficient (Wildman–Crippen LogP) is 4.23. The Morgan fingerprint density at radius 1 is 1.11 bits per heavy atom. The zero-order chi connectivity index (χ0) is 19.9. The Bertz CT molecular complexity index is 727. The summed E-state index contributed by atoms with van der Waals surface area (Å²) < 4.78 is 4.89. The van der Waals surface area contributed by atoms with Gasteiger partial charge in [-0.05, 0) is 72.7 Å². The highest BCUT2D eigenvalue weighted by molar-refractivity contribution is 5.85. The van der Waals surface area contributed by atoms with Crippen LogP contribution in [0, 0.1) is 23.2 Å². The van der Waals surface area contributed by atoms with Crippen molar-refractivity contribution in [2.45, 2.75) is 70.3 Å². The average molecular weight is 384 g/mol. The molecule has 0 unspecified atom stereocenters. The molecule has 152 valence electrons. The minimum atomic E-state index is -0.561. The van der Waals surface area contributed by atoms with Gasteiger partial charge in [0.05, 0.1) is 7.11 Å². The Morgan fingerprint density at radius 2 is 1.75 bits per heavy atom. The van der Waals surface area contributed by atoms with Gasteiger partial charge in [0.15, 0.2) is 0 Å². The third-order valence-corrected chi connectivity index (χ3v) is 7.54. The average Bonchev–Trinajstić information content (AvgIpc) is 2.64. The highest BCUT2D eigenvalue weighted by atomic mass is 16.5. The molecular weight excluding hydrogens is 350 g/mol. The molecule has 0 saturated heterocycles. The summed E-state index contributed by atoms with van der Waals surface area (Å²) in [5.74, 6) is 1.14. The molecule has 4 aliphatic carbocycles. The van der Waals surface area contributed by atoms with Crippen LogP contribution in [-0.2, 0) is 19.7 Å². The second kappa shape index (κ2) is 7.20. The van der Waals surface area contributed by atoms with Crippen molar-refractivity contribution >= 4 is 11.9 Å². The SMILES string of the molecule is COC(=O)[C@@H](NC(=O)CC12C[C@@H]3C[C@@H](C1)CC(c1ccccc1)(C3)C2)C(C)C. The lowest BCUT2D eigenvalue weighted by Gasteiger charge is -2.62. The monoisotopic (exact) mass is 383 g/mol. The second-order valence-corrected chi connectivity index (χ2v) is 10.1. The Labute approximate surface area is 168 Å². The van der Waals surface area contributed by atoms with Gasteiger partial charge in [-0.1, -0.05) is 44.2 Å². The van der Waals surface area contributed by atoms with E-state index in [0.29, 0.717) is 6.42 Å². The molecule has 0 aliphatic heterocycles. The lowest BCUT2D eigenvalue weighted by atomic mass is 9.42. The first-order valence-corrected chi connectivity index (χ1v) is 10.8. The molecule has 4 saturated carbocycles. The van der Waals surface area contributed by atoms with Gasteiger partial charge in [0.2, 0.25) is 5.91 Å². The van der Waals surface area contributed by atoms with E-state index < -0.39 is 6.04 Å². The number of methoxy groups -OCH3 is 1. The first kappa shape index (κ1) is 19.5. The third kappa shape index (κ3) is 3.46. The molecular formula is C24H33NO3. The Kier molecular flexibility index (Phi) is 5.01. The van der Waals surface area contributed by atoms with Gasteiger partial charge in [0, 0.05) is 6.42 Å². The minimum Gasteiger partial charge on any atom is -0.467 e. The van der Waals surface area contributed by atoms with E-state index in [1.807, 2.05) is 13.8 Å². The number of benzene rings is 1. The highest BCUT2D eigenvalue weighted by Gasteiger charge is 2.58. The summed E-state index contributed by atoms with van der Waals surface area (Å²) in [6.07, 6.45) is 7.84. The maximum atomic E-state index is 13.0. The van der Waals surface area contributed by atoms with Crippen molar-refractivity contribution in [3.63, 3.8) is 0 Å². The molecule has 1 aromatic rings. The first-order valence-electron chi connectivity index (χ1n) is 10.8. The number of hydrogen-bond donors (Lipinski definition) is 1. The van der Waals surface area contributed by atoms with Crippen molar-refractivity contribution < 1.29 is 14.3 Å². The van der Waals surface area contributed by atoms with Crippen LogP contribution in [0.3, 0.4) is 0 Å². The number of carbonyl (C=O) groups is 2. The number of amides is 1. The molecule has 1 N–H and O–H groups in total. The second-order valence-electron chi connectivity index (χ2n) is 10.1. The molecule has 4 bridgehead atoms. The van der Waals surface area contributed by atoms with Gasteiger partial charge in [-0.15, -0.1) is 0 Å². The molecule has 5 rings (SSSR count). The predicted molar refractivity (Wildman–Crippen MR) is 109 cm³/mol. The molecule has 0 radical (unpaired) electrons. The Hall–Kier alpha value is -1.84. The van der Waals surface area contributed by atoms with Gasteiger partial charge in [0.25, 0.3) is 0 Å². The van der Waals surface area contributed by atoms with Crippen LogP contribution < -0.4 is 5.32 Å². The van der Waals surface area contributed by atoms with E-state index >= 15 is 0 Å². The van der Waals surface area contributed by atoms with Crippen molar-refractivity contribution in [2.24, 2.45) is 23.2 Å². The first-order chi connectivity index (χ1) is 13.3. The van der Waals surface area contributed by atoms with Gasteiger partial charge < -0.3 is 10.1 Å². The van der Waals surface area contributed by atoms with E-state index in [-0.39, 0.29) is 28.6 Å². The Balaban J connectivity index is 1.53. The van der Waals surface area contributed by atoms with E-state index in [1.165, 1.54) is 31.9 Å². The number of carbonyl (C=O) groups excluding carboxylic acids is 2. The fourth-order valence-electron chi connectivity index (χ4n) is 6.98. The Morgan fingerprint density at radius 3 is 2.32 bits per heavy atom. The van der Waals surface area contributed by atoms with Crippen molar-refractivity contribution in [1.82, 2.24) is 5.32 Å². The summed E-state index contributed by atoms with van der Waals surface area (Å²) in [5, 5.41) is 2.98.